The minimum Gasteiger partial charge on any atom is -0.370 e. The van der Waals surface area contributed by atoms with Crippen molar-refractivity contribution in [1.29, 1.82) is 0 Å². The first-order chi connectivity index (χ1) is 8.61. The van der Waals surface area contributed by atoms with Gasteiger partial charge in [-0.05, 0) is 19.8 Å². The maximum absolute atomic E-state index is 11.4. The second-order valence-electron chi connectivity index (χ2n) is 4.25. The molecule has 7 heteroatoms. The van der Waals surface area contributed by atoms with E-state index in [1.807, 2.05) is 11.8 Å². The molecular weight excluding hydrogens is 232 g/mol. The Morgan fingerprint density at radius 1 is 1.61 bits per heavy atom. The van der Waals surface area contributed by atoms with Gasteiger partial charge in [-0.2, -0.15) is 9.97 Å². The summed E-state index contributed by atoms with van der Waals surface area (Å²) in [4.78, 5) is 21.5. The number of carbonyl (C=O) groups excluding carboxylic acids is 1. The molecule has 0 aliphatic carbocycles. The number of aromatic nitrogens is 2. The summed E-state index contributed by atoms with van der Waals surface area (Å²) in [5.74, 6) is 1.18. The third-order valence-electron chi connectivity index (χ3n) is 2.96. The Labute approximate surface area is 106 Å². The Hall–Kier alpha value is -2.05. The van der Waals surface area contributed by atoms with Crippen LogP contribution in [-0.4, -0.2) is 35.0 Å². The van der Waals surface area contributed by atoms with Gasteiger partial charge in [-0.25, -0.2) is 0 Å². The van der Waals surface area contributed by atoms with E-state index in [-0.39, 0.29) is 17.9 Å². The zero-order valence-corrected chi connectivity index (χ0v) is 10.4. The van der Waals surface area contributed by atoms with Gasteiger partial charge in [0.05, 0.1) is 0 Å². The van der Waals surface area contributed by atoms with E-state index < -0.39 is 0 Å². The highest BCUT2D eigenvalue weighted by atomic mass is 16.1. The van der Waals surface area contributed by atoms with Crippen molar-refractivity contribution < 1.29 is 4.79 Å². The number of anilines is 3. The van der Waals surface area contributed by atoms with Crippen molar-refractivity contribution in [3.8, 4) is 0 Å². The normalized spacial score (nSPS) is 18.9. The van der Waals surface area contributed by atoms with Crippen LogP contribution in [0.5, 0.6) is 0 Å². The van der Waals surface area contributed by atoms with Crippen molar-refractivity contribution in [2.75, 3.05) is 29.0 Å². The highest BCUT2D eigenvalue weighted by molar-refractivity contribution is 5.84. The van der Waals surface area contributed by atoms with Gasteiger partial charge in [-0.1, -0.05) is 0 Å². The molecule has 1 atom stereocenters. The first-order valence-electron chi connectivity index (χ1n) is 6.06. The Bertz CT molecular complexity index is 449. The van der Waals surface area contributed by atoms with E-state index in [4.69, 9.17) is 11.5 Å². The molecule has 2 rings (SSSR count). The zero-order valence-electron chi connectivity index (χ0n) is 10.4. The molecule has 0 bridgehead atoms. The first-order valence-corrected chi connectivity index (χ1v) is 6.06. The number of hydrogen-bond donors (Lipinski definition) is 3. The average molecular weight is 250 g/mol. The fraction of sp³-hybridized carbons (Fsp3) is 0.545. The van der Waals surface area contributed by atoms with Crippen LogP contribution in [0.3, 0.4) is 0 Å². The monoisotopic (exact) mass is 250 g/mol. The summed E-state index contributed by atoms with van der Waals surface area (Å²) in [6.45, 7) is 3.48. The van der Waals surface area contributed by atoms with E-state index in [9.17, 15) is 4.79 Å². The third-order valence-corrected chi connectivity index (χ3v) is 2.96. The standard InChI is InChI=1S/C11H18N6O/c1-2-14-8-6-9(16-11(13)15-8)17-5-3-4-7(17)10(12)18/h6-7H,2-5H2,1H3,(H2,12,18)(H3,13,14,15,16). The molecule has 5 N–H and O–H groups in total. The van der Waals surface area contributed by atoms with Crippen LogP contribution < -0.4 is 21.7 Å². The molecule has 1 saturated heterocycles. The Morgan fingerprint density at radius 2 is 2.39 bits per heavy atom. The van der Waals surface area contributed by atoms with E-state index >= 15 is 0 Å². The molecule has 98 valence electrons. The van der Waals surface area contributed by atoms with E-state index in [1.54, 1.807) is 6.07 Å². The molecule has 18 heavy (non-hydrogen) atoms. The molecule has 0 spiro atoms. The molecule has 1 amide bonds. The maximum atomic E-state index is 11.4. The van der Waals surface area contributed by atoms with Crippen LogP contribution >= 0.6 is 0 Å². The lowest BCUT2D eigenvalue weighted by atomic mass is 10.2. The Morgan fingerprint density at radius 3 is 3.06 bits per heavy atom. The van der Waals surface area contributed by atoms with Gasteiger partial charge in [-0.3, -0.25) is 4.79 Å². The van der Waals surface area contributed by atoms with Crippen LogP contribution in [0.2, 0.25) is 0 Å². The number of nitrogens with two attached hydrogens (primary N) is 2. The summed E-state index contributed by atoms with van der Waals surface area (Å²) in [5.41, 5.74) is 11.1. The summed E-state index contributed by atoms with van der Waals surface area (Å²) in [7, 11) is 0. The van der Waals surface area contributed by atoms with Crippen LogP contribution in [0, 0.1) is 0 Å². The molecule has 1 fully saturated rings. The molecule has 1 aliphatic rings. The van der Waals surface area contributed by atoms with Gasteiger partial charge in [-0.15, -0.1) is 0 Å². The van der Waals surface area contributed by atoms with Gasteiger partial charge in [0.15, 0.2) is 0 Å². The minimum atomic E-state index is -0.324. The molecule has 1 unspecified atom stereocenters. The Balaban J connectivity index is 2.29. The van der Waals surface area contributed by atoms with Gasteiger partial charge in [0.2, 0.25) is 11.9 Å². The topological polar surface area (TPSA) is 110 Å². The predicted molar refractivity (Wildman–Crippen MR) is 70.2 cm³/mol. The first kappa shape index (κ1) is 12.4. The average Bonchev–Trinajstić information content (AvgIpc) is 2.77. The van der Waals surface area contributed by atoms with Crippen LogP contribution in [0.4, 0.5) is 17.6 Å². The zero-order chi connectivity index (χ0) is 13.1. The van der Waals surface area contributed by atoms with Crippen molar-refractivity contribution in [2.24, 2.45) is 5.73 Å². The van der Waals surface area contributed by atoms with Crippen molar-refractivity contribution in [2.45, 2.75) is 25.8 Å². The minimum absolute atomic E-state index is 0.193. The fourth-order valence-corrected chi connectivity index (χ4v) is 2.21. The number of amides is 1. The largest absolute Gasteiger partial charge is 0.370 e. The van der Waals surface area contributed by atoms with Crippen molar-refractivity contribution in [1.82, 2.24) is 9.97 Å². The smallest absolute Gasteiger partial charge is 0.240 e. The van der Waals surface area contributed by atoms with E-state index in [2.05, 4.69) is 15.3 Å². The van der Waals surface area contributed by atoms with E-state index in [1.165, 1.54) is 0 Å². The van der Waals surface area contributed by atoms with E-state index in [0.717, 1.165) is 25.9 Å². The van der Waals surface area contributed by atoms with Gasteiger partial charge >= 0.3 is 0 Å². The van der Waals surface area contributed by atoms with Crippen LogP contribution in [0.1, 0.15) is 19.8 Å². The van der Waals surface area contributed by atoms with Crippen molar-refractivity contribution in [3.05, 3.63) is 6.07 Å². The van der Waals surface area contributed by atoms with Gasteiger partial charge < -0.3 is 21.7 Å². The van der Waals surface area contributed by atoms with Crippen LogP contribution in [0.25, 0.3) is 0 Å². The number of nitrogens with zero attached hydrogens (tertiary/aromatic N) is 3. The second-order valence-corrected chi connectivity index (χ2v) is 4.25. The summed E-state index contributed by atoms with van der Waals surface area (Å²) in [6, 6.07) is 1.50. The number of nitrogen functional groups attached to an aromatic ring is 1. The van der Waals surface area contributed by atoms with Crippen molar-refractivity contribution >= 4 is 23.5 Å². The molecule has 7 nitrogen and oxygen atoms in total. The van der Waals surface area contributed by atoms with Gasteiger partial charge in [0.25, 0.3) is 0 Å². The molecule has 2 heterocycles. The lowest BCUT2D eigenvalue weighted by molar-refractivity contribution is -0.119. The molecule has 1 aromatic heterocycles. The number of carbonyl (C=O) groups is 1. The van der Waals surface area contributed by atoms with Crippen molar-refractivity contribution in [3.63, 3.8) is 0 Å². The van der Waals surface area contributed by atoms with E-state index in [0.29, 0.717) is 11.6 Å². The van der Waals surface area contributed by atoms with Crippen LogP contribution in [-0.2, 0) is 4.79 Å². The number of hydrogen-bond acceptors (Lipinski definition) is 6. The SMILES string of the molecule is CCNc1cc(N2CCCC2C(N)=O)nc(N)n1. The number of rotatable bonds is 4. The number of primary amides is 1. The molecule has 1 aliphatic heterocycles. The highest BCUT2D eigenvalue weighted by Gasteiger charge is 2.30. The molecule has 0 radical (unpaired) electrons. The lowest BCUT2D eigenvalue weighted by Crippen LogP contribution is -2.40. The summed E-state index contributed by atoms with van der Waals surface area (Å²) >= 11 is 0. The second kappa shape index (κ2) is 5.07. The number of nitrogens with one attached hydrogen (secondary N) is 1. The summed E-state index contributed by atoms with van der Waals surface area (Å²) < 4.78 is 0. The molecule has 0 saturated carbocycles. The maximum Gasteiger partial charge on any atom is 0.240 e. The highest BCUT2D eigenvalue weighted by Crippen LogP contribution is 2.25. The molecule has 0 aromatic carbocycles. The van der Waals surface area contributed by atoms with Gasteiger partial charge in [0.1, 0.15) is 17.7 Å². The summed E-state index contributed by atoms with van der Waals surface area (Å²) in [5, 5.41) is 3.08. The van der Waals surface area contributed by atoms with Crippen LogP contribution in [0.15, 0.2) is 6.07 Å². The summed E-state index contributed by atoms with van der Waals surface area (Å²) in [6.07, 6.45) is 1.68. The predicted octanol–water partition coefficient (Wildman–Crippen LogP) is -0.0553. The fourth-order valence-electron chi connectivity index (χ4n) is 2.21. The third kappa shape index (κ3) is 2.44. The lowest BCUT2D eigenvalue weighted by Gasteiger charge is -2.23. The molecular formula is C11H18N6O. The molecule has 1 aromatic rings. The Kier molecular flexibility index (Phi) is 3.50. The van der Waals surface area contributed by atoms with Gasteiger partial charge in [0, 0.05) is 19.2 Å². The quantitative estimate of drug-likeness (QED) is 0.690.